The van der Waals surface area contributed by atoms with E-state index in [0.717, 1.165) is 38.5 Å². The van der Waals surface area contributed by atoms with E-state index in [4.69, 9.17) is 28.9 Å². The third-order valence-corrected chi connectivity index (χ3v) is 8.40. The van der Waals surface area contributed by atoms with Crippen molar-refractivity contribution in [1.29, 1.82) is 0 Å². The second kappa shape index (κ2) is 17.1. The summed E-state index contributed by atoms with van der Waals surface area (Å²) in [6.07, 6.45) is 6.04. The highest BCUT2D eigenvalue weighted by Crippen LogP contribution is 2.54. The maximum atomic E-state index is 13.0. The van der Waals surface area contributed by atoms with Crippen LogP contribution in [0.15, 0.2) is 11.6 Å². The summed E-state index contributed by atoms with van der Waals surface area (Å²) in [7, 11) is 1.64. The monoisotopic (exact) mass is 612 g/mol. The highest BCUT2D eigenvalue weighted by Gasteiger charge is 2.66. The molecule has 0 aromatic carbocycles. The Hall–Kier alpha value is -2.45. The average molecular weight is 613 g/mol. The molecule has 2 aliphatic heterocycles. The number of allylic oxidation sites excluding steroid dienone is 1. The Labute approximate surface area is 255 Å². The van der Waals surface area contributed by atoms with Crippen LogP contribution in [-0.4, -0.2) is 99.3 Å². The zero-order chi connectivity index (χ0) is 31.4. The molecule has 2 heterocycles. The zero-order valence-corrected chi connectivity index (χ0v) is 26.3. The predicted molar refractivity (Wildman–Crippen MR) is 158 cm³/mol. The minimum absolute atomic E-state index is 0.00478. The number of hydrogen-bond donors (Lipinski definition) is 5. The number of ether oxygens (including phenoxy) is 5. The third kappa shape index (κ3) is 11.2. The van der Waals surface area contributed by atoms with Gasteiger partial charge >= 0.3 is 12.2 Å². The first-order valence-corrected chi connectivity index (χ1v) is 15.6. The Balaban J connectivity index is 1.37. The van der Waals surface area contributed by atoms with Gasteiger partial charge < -0.3 is 44.8 Å². The molecule has 3 amide bonds. The lowest BCUT2D eigenvalue weighted by atomic mass is 9.73. The van der Waals surface area contributed by atoms with Crippen LogP contribution in [0.1, 0.15) is 72.6 Å². The van der Waals surface area contributed by atoms with Crippen LogP contribution in [-0.2, 0) is 28.5 Å². The molecule has 1 saturated carbocycles. The number of nitrogens with one attached hydrogen (secondary N) is 4. The van der Waals surface area contributed by atoms with Crippen molar-refractivity contribution in [1.82, 2.24) is 21.4 Å². The van der Waals surface area contributed by atoms with Crippen LogP contribution in [0.3, 0.4) is 0 Å². The molecular weight excluding hydrogens is 560 g/mol. The summed E-state index contributed by atoms with van der Waals surface area (Å²) in [6.45, 7) is 9.59. The van der Waals surface area contributed by atoms with E-state index in [0.29, 0.717) is 26.1 Å². The lowest BCUT2D eigenvalue weighted by molar-refractivity contribution is -0.121. The topological polar surface area (TPSA) is 172 Å². The van der Waals surface area contributed by atoms with Gasteiger partial charge in [0, 0.05) is 26.1 Å². The van der Waals surface area contributed by atoms with Crippen molar-refractivity contribution in [2.24, 2.45) is 11.8 Å². The van der Waals surface area contributed by atoms with Crippen molar-refractivity contribution >= 4 is 18.1 Å². The maximum Gasteiger partial charge on any atom is 0.407 e. The number of unbranched alkanes of at least 4 members (excludes halogenated alkanes) is 3. The van der Waals surface area contributed by atoms with Crippen LogP contribution in [0.2, 0.25) is 0 Å². The molecule has 0 radical (unpaired) electrons. The van der Waals surface area contributed by atoms with E-state index in [1.54, 1.807) is 7.11 Å². The van der Waals surface area contributed by atoms with E-state index in [-0.39, 0.29) is 54.8 Å². The smallest absolute Gasteiger partial charge is 0.407 e. The van der Waals surface area contributed by atoms with Gasteiger partial charge in [-0.1, -0.05) is 38.3 Å². The summed E-state index contributed by atoms with van der Waals surface area (Å²) in [5.74, 6) is -0.265. The molecule has 3 rings (SSSR count). The first-order valence-electron chi connectivity index (χ1n) is 15.6. The molecule has 246 valence electrons. The third-order valence-electron chi connectivity index (χ3n) is 8.40. The van der Waals surface area contributed by atoms with E-state index < -0.39 is 24.3 Å². The number of epoxide rings is 2. The van der Waals surface area contributed by atoms with Gasteiger partial charge in [0.25, 0.3) is 0 Å². The fourth-order valence-electron chi connectivity index (χ4n) is 5.70. The van der Waals surface area contributed by atoms with Gasteiger partial charge in [0.1, 0.15) is 18.8 Å². The van der Waals surface area contributed by atoms with Crippen LogP contribution >= 0.6 is 0 Å². The molecule has 3 unspecified atom stereocenters. The van der Waals surface area contributed by atoms with Crippen molar-refractivity contribution in [2.45, 2.75) is 109 Å². The van der Waals surface area contributed by atoms with Crippen LogP contribution in [0.4, 0.5) is 9.59 Å². The molecule has 2 saturated heterocycles. The summed E-state index contributed by atoms with van der Waals surface area (Å²) in [5, 5.41) is 16.8. The van der Waals surface area contributed by atoms with Gasteiger partial charge in [0.05, 0.1) is 37.0 Å². The fraction of sp³-hybridized carbons (Fsp3) is 0.833. The van der Waals surface area contributed by atoms with Crippen LogP contribution in [0, 0.1) is 11.8 Å². The average Bonchev–Trinajstić information content (AvgIpc) is 3.89. The summed E-state index contributed by atoms with van der Waals surface area (Å²) >= 11 is 0. The van der Waals surface area contributed by atoms with E-state index in [2.05, 4.69) is 35.9 Å². The molecule has 5 N–H and O–H groups in total. The van der Waals surface area contributed by atoms with Crippen molar-refractivity contribution in [2.75, 3.05) is 40.0 Å². The summed E-state index contributed by atoms with van der Waals surface area (Å²) in [5.41, 5.74) is 2.80. The summed E-state index contributed by atoms with van der Waals surface area (Å²) in [4.78, 5) is 36.4. The molecule has 13 heteroatoms. The van der Waals surface area contributed by atoms with Crippen LogP contribution in [0.25, 0.3) is 0 Å². The Morgan fingerprint density at radius 2 is 1.77 bits per heavy atom. The molecule has 0 bridgehead atoms. The summed E-state index contributed by atoms with van der Waals surface area (Å²) in [6, 6.07) is -0.423. The maximum absolute atomic E-state index is 13.0. The van der Waals surface area contributed by atoms with Gasteiger partial charge in [-0.15, -0.1) is 0 Å². The van der Waals surface area contributed by atoms with E-state index in [9.17, 15) is 14.4 Å². The van der Waals surface area contributed by atoms with E-state index in [1.165, 1.54) is 5.57 Å². The number of carbonyl (C=O) groups is 3. The number of amides is 3. The second-order valence-corrected chi connectivity index (χ2v) is 12.3. The molecule has 43 heavy (non-hydrogen) atoms. The van der Waals surface area contributed by atoms with Gasteiger partial charge in [-0.05, 0) is 51.9 Å². The van der Waals surface area contributed by atoms with Gasteiger partial charge in [-0.3, -0.25) is 4.79 Å². The zero-order valence-electron chi connectivity index (χ0n) is 26.3. The van der Waals surface area contributed by atoms with Crippen molar-refractivity contribution in [3.8, 4) is 0 Å². The van der Waals surface area contributed by atoms with Crippen molar-refractivity contribution < 1.29 is 43.3 Å². The first-order chi connectivity index (χ1) is 20.6. The number of methoxy groups -OCH3 is 1. The van der Waals surface area contributed by atoms with E-state index in [1.807, 2.05) is 19.3 Å². The molecule has 3 aliphatic rings. The molecule has 7 atom stereocenters. The lowest BCUT2D eigenvalue weighted by Gasteiger charge is -2.40. The molecule has 0 aromatic heterocycles. The lowest BCUT2D eigenvalue weighted by Crippen LogP contribution is -2.54. The second-order valence-electron chi connectivity index (χ2n) is 12.3. The Kier molecular flexibility index (Phi) is 14.0. The van der Waals surface area contributed by atoms with Crippen molar-refractivity contribution in [3.05, 3.63) is 11.6 Å². The largest absolute Gasteiger partial charge is 0.447 e. The molecule has 13 nitrogen and oxygen atoms in total. The van der Waals surface area contributed by atoms with Crippen LogP contribution < -0.4 is 21.4 Å². The minimum atomic E-state index is -0.567. The first kappa shape index (κ1) is 35.0. The van der Waals surface area contributed by atoms with E-state index >= 15 is 0 Å². The Bertz CT molecular complexity index is 939. The fourth-order valence-corrected chi connectivity index (χ4v) is 5.70. The van der Waals surface area contributed by atoms with Crippen LogP contribution in [0.5, 0.6) is 0 Å². The molecular formula is C30H52N4O9. The number of carbonyl (C=O) groups excluding carboxylic acids is 3. The van der Waals surface area contributed by atoms with Gasteiger partial charge in [-0.25, -0.2) is 9.59 Å². The SMILES string of the molecule is COC1C(OC(=O)N[C@@H](COC(=O)NCCCCCCNC(=O)CNO)C(C)C)CC[C@]2(CO2)C1[C@H]1O[C@@H]1CC=C(C)C. The highest BCUT2D eigenvalue weighted by molar-refractivity contribution is 5.77. The quantitative estimate of drug-likeness (QED) is 0.0671. The Morgan fingerprint density at radius 3 is 2.37 bits per heavy atom. The van der Waals surface area contributed by atoms with Gasteiger partial charge in [0.15, 0.2) is 0 Å². The molecule has 0 aromatic rings. The number of alkyl carbamates (subject to hydrolysis) is 2. The van der Waals surface area contributed by atoms with Gasteiger partial charge in [0.2, 0.25) is 5.91 Å². The standard InChI is InChI=1S/C30H52N4O9/c1-19(2)10-11-22-27(42-22)25-26(39-5)23(12-13-30(25)18-41-30)43-29(37)34-21(20(3)4)17-40-28(36)32-15-9-7-6-8-14-31-24(35)16-33-38/h10,20-23,25-27,33,38H,6-9,11-18H2,1-5H3,(H,31,35)(H,32,36)(H,34,37)/t21-,22+,23?,25?,26?,27-,30-/m0/s1. The molecule has 3 fully saturated rings. The predicted octanol–water partition coefficient (Wildman–Crippen LogP) is 2.81. The number of rotatable bonds is 18. The Morgan fingerprint density at radius 1 is 1.07 bits per heavy atom. The number of hydroxylamine groups is 1. The molecule has 1 spiro atoms. The molecule has 1 aliphatic carbocycles. The van der Waals surface area contributed by atoms with Gasteiger partial charge in [-0.2, -0.15) is 5.48 Å². The number of hydrogen-bond acceptors (Lipinski definition) is 10. The minimum Gasteiger partial charge on any atom is -0.447 e. The van der Waals surface area contributed by atoms with Crippen molar-refractivity contribution in [3.63, 3.8) is 0 Å². The summed E-state index contributed by atoms with van der Waals surface area (Å²) < 4.78 is 29.2. The normalized spacial score (nSPS) is 28.1. The highest BCUT2D eigenvalue weighted by atomic mass is 16.6.